The molecule has 3 aromatic heterocycles. The van der Waals surface area contributed by atoms with Crippen LogP contribution < -0.4 is 20.3 Å². The molecule has 2 aliphatic rings. The highest BCUT2D eigenvalue weighted by Crippen LogP contribution is 2.36. The summed E-state index contributed by atoms with van der Waals surface area (Å²) in [5.41, 5.74) is 1.73. The monoisotopic (exact) mass is 750 g/mol. The van der Waals surface area contributed by atoms with Gasteiger partial charge >= 0.3 is 0 Å². The number of aromatic nitrogens is 5. The van der Waals surface area contributed by atoms with Gasteiger partial charge in [0.15, 0.2) is 28.8 Å². The van der Waals surface area contributed by atoms with E-state index in [1.165, 1.54) is 19.6 Å². The maximum absolute atomic E-state index is 15.4. The number of piperidine rings is 1. The van der Waals surface area contributed by atoms with Gasteiger partial charge in [0.25, 0.3) is 6.43 Å². The van der Waals surface area contributed by atoms with Crippen LogP contribution in [0.25, 0.3) is 22.4 Å². The summed E-state index contributed by atoms with van der Waals surface area (Å²) in [6.45, 7) is 5.43. The van der Waals surface area contributed by atoms with Gasteiger partial charge in [0.05, 0.1) is 49.7 Å². The minimum Gasteiger partial charge on any atom is -0.494 e. The van der Waals surface area contributed by atoms with E-state index in [-0.39, 0.29) is 42.7 Å². The van der Waals surface area contributed by atoms with Crippen molar-refractivity contribution in [2.75, 3.05) is 43.6 Å². The quantitative estimate of drug-likeness (QED) is 0.131. The average Bonchev–Trinajstić information content (AvgIpc) is 3.75. The van der Waals surface area contributed by atoms with Crippen LogP contribution in [0.3, 0.4) is 0 Å². The molecule has 286 valence electrons. The number of nitrogens with one attached hydrogen (secondary N) is 2. The van der Waals surface area contributed by atoms with Crippen molar-refractivity contribution in [3.8, 4) is 17.0 Å². The minimum atomic E-state index is -3.00. The lowest BCUT2D eigenvalue weighted by atomic mass is 9.82. The van der Waals surface area contributed by atoms with E-state index in [2.05, 4.69) is 30.6 Å². The van der Waals surface area contributed by atoms with E-state index >= 15 is 4.39 Å². The zero-order chi connectivity index (χ0) is 38.0. The first-order chi connectivity index (χ1) is 25.9. The van der Waals surface area contributed by atoms with E-state index in [0.29, 0.717) is 60.8 Å². The molecule has 3 N–H and O–H groups in total. The maximum atomic E-state index is 15.4. The van der Waals surface area contributed by atoms with Crippen LogP contribution in [0.5, 0.6) is 5.75 Å². The van der Waals surface area contributed by atoms with E-state index in [1.54, 1.807) is 17.0 Å². The first-order valence-corrected chi connectivity index (χ1v) is 17.7. The smallest absolute Gasteiger partial charge is 0.265 e. The molecule has 2 aromatic carbocycles. The van der Waals surface area contributed by atoms with E-state index in [9.17, 15) is 18.3 Å². The first kappa shape index (κ1) is 37.4. The SMILES string of the molecule is COc1cc(F)c(-c2cc(Cn3cnc4c(NC[C@@H]5COC(C)(C)O5)ncnc43)c(N3CCC[C@](NCc4ccccc4)([C@H](O)C(F)F)C3)cn2)cc1F. The molecule has 0 unspecified atom stereocenters. The lowest BCUT2D eigenvalue weighted by Crippen LogP contribution is -2.65. The summed E-state index contributed by atoms with van der Waals surface area (Å²) in [5.74, 6) is -1.94. The lowest BCUT2D eigenvalue weighted by Gasteiger charge is -2.47. The summed E-state index contributed by atoms with van der Waals surface area (Å²) in [4.78, 5) is 19.9. The lowest BCUT2D eigenvalue weighted by molar-refractivity contribution is -0.136. The van der Waals surface area contributed by atoms with Gasteiger partial charge in [-0.15, -0.1) is 0 Å². The molecule has 5 aromatic rings. The Bertz CT molecular complexity index is 2090. The van der Waals surface area contributed by atoms with Crippen molar-refractivity contribution < 1.29 is 36.9 Å². The van der Waals surface area contributed by atoms with Crippen molar-refractivity contribution in [1.29, 1.82) is 0 Å². The van der Waals surface area contributed by atoms with E-state index in [4.69, 9.17) is 14.2 Å². The molecule has 0 amide bonds. The first-order valence-electron chi connectivity index (χ1n) is 17.7. The molecule has 7 rings (SSSR count). The summed E-state index contributed by atoms with van der Waals surface area (Å²) < 4.78 is 77.2. The molecular weight excluding hydrogens is 708 g/mol. The van der Waals surface area contributed by atoms with Crippen molar-refractivity contribution >= 4 is 22.7 Å². The van der Waals surface area contributed by atoms with Gasteiger partial charge in [-0.2, -0.15) is 0 Å². The molecule has 2 aliphatic heterocycles. The third-order valence-corrected chi connectivity index (χ3v) is 9.95. The number of pyridine rings is 1. The normalized spacial score (nSPS) is 20.5. The van der Waals surface area contributed by atoms with Crippen molar-refractivity contribution in [2.24, 2.45) is 0 Å². The average molecular weight is 751 g/mol. The Morgan fingerprint density at radius 3 is 2.61 bits per heavy atom. The fourth-order valence-corrected chi connectivity index (χ4v) is 7.21. The predicted octanol–water partition coefficient (Wildman–Crippen LogP) is 5.54. The van der Waals surface area contributed by atoms with Crippen molar-refractivity contribution in [3.05, 3.63) is 90.1 Å². The molecule has 0 bridgehead atoms. The molecule has 0 saturated carbocycles. The van der Waals surface area contributed by atoms with Crippen LogP contribution in [0.1, 0.15) is 37.8 Å². The molecule has 0 spiro atoms. The summed E-state index contributed by atoms with van der Waals surface area (Å²) >= 11 is 0. The van der Waals surface area contributed by atoms with E-state index < -0.39 is 35.5 Å². The van der Waals surface area contributed by atoms with Gasteiger partial charge in [-0.25, -0.2) is 32.5 Å². The zero-order valence-electron chi connectivity index (χ0n) is 30.1. The molecule has 2 saturated heterocycles. The van der Waals surface area contributed by atoms with Gasteiger partial charge in [-0.1, -0.05) is 30.3 Å². The van der Waals surface area contributed by atoms with Gasteiger partial charge < -0.3 is 39.4 Å². The molecule has 54 heavy (non-hydrogen) atoms. The number of aliphatic hydroxyl groups excluding tert-OH is 1. The number of hydrogen-bond donors (Lipinski definition) is 3. The molecule has 12 nitrogen and oxygen atoms in total. The Labute approximate surface area is 309 Å². The van der Waals surface area contributed by atoms with Crippen LogP contribution in [0.15, 0.2) is 67.4 Å². The van der Waals surface area contributed by atoms with Crippen molar-refractivity contribution in [3.63, 3.8) is 0 Å². The van der Waals surface area contributed by atoms with Crippen LogP contribution in [-0.2, 0) is 22.6 Å². The van der Waals surface area contributed by atoms with Crippen molar-refractivity contribution in [1.82, 2.24) is 29.8 Å². The number of methoxy groups -OCH3 is 1. The fraction of sp³-hybridized carbons (Fsp3) is 0.421. The molecule has 16 heteroatoms. The Kier molecular flexibility index (Phi) is 10.7. The third kappa shape index (κ3) is 7.83. The number of anilines is 2. The Hall–Kier alpha value is -4.90. The second-order valence-corrected chi connectivity index (χ2v) is 14.1. The molecule has 5 heterocycles. The number of ether oxygens (including phenoxy) is 3. The van der Waals surface area contributed by atoms with Gasteiger partial charge in [0, 0.05) is 37.8 Å². The van der Waals surface area contributed by atoms with E-state index in [0.717, 1.165) is 17.7 Å². The summed E-state index contributed by atoms with van der Waals surface area (Å²) in [7, 11) is 1.25. The Morgan fingerprint density at radius 2 is 1.87 bits per heavy atom. The third-order valence-electron chi connectivity index (χ3n) is 9.95. The minimum absolute atomic E-state index is 0.0234. The van der Waals surface area contributed by atoms with Gasteiger partial charge in [0.2, 0.25) is 0 Å². The number of aliphatic hydroxyl groups is 1. The number of nitrogens with zero attached hydrogens (tertiary/aromatic N) is 6. The van der Waals surface area contributed by atoms with Gasteiger partial charge in [-0.3, -0.25) is 4.98 Å². The fourth-order valence-electron chi connectivity index (χ4n) is 7.21. The van der Waals surface area contributed by atoms with Crippen LogP contribution >= 0.6 is 0 Å². The number of rotatable bonds is 13. The van der Waals surface area contributed by atoms with Gasteiger partial charge in [0.1, 0.15) is 29.9 Å². The van der Waals surface area contributed by atoms with Crippen LogP contribution in [0, 0.1) is 11.6 Å². The topological polar surface area (TPSA) is 132 Å². The summed E-state index contributed by atoms with van der Waals surface area (Å²) in [6, 6.07) is 13.0. The summed E-state index contributed by atoms with van der Waals surface area (Å²) in [6.07, 6.45) is 0.153. The maximum Gasteiger partial charge on any atom is 0.265 e. The van der Waals surface area contributed by atoms with Crippen LogP contribution in [0.4, 0.5) is 29.1 Å². The highest BCUT2D eigenvalue weighted by atomic mass is 19.3. The highest BCUT2D eigenvalue weighted by molar-refractivity contribution is 5.82. The molecule has 0 aliphatic carbocycles. The largest absolute Gasteiger partial charge is 0.494 e. The number of benzene rings is 2. The number of halogens is 4. The summed E-state index contributed by atoms with van der Waals surface area (Å²) in [5, 5.41) is 17.6. The highest BCUT2D eigenvalue weighted by Gasteiger charge is 2.46. The molecule has 2 fully saturated rings. The van der Waals surface area contributed by atoms with Crippen molar-refractivity contribution in [2.45, 2.75) is 69.7 Å². The standard InChI is InChI=1S/C38H42F4N8O4/c1-37(2)53-19-25(54-37)16-44-35-32-36(46-21-45-35)50(22-47-32)18-24-12-29(26-13-28(40)31(52-3)14-27(26)39)43-17-30(24)49-11-7-10-38(20-49,33(51)34(41)42)48-15-23-8-5-4-6-9-23/h4-6,8-9,12-14,17,21-22,25,33-34,48,51H,7,10-11,15-16,18-20H2,1-3H3,(H,44,45,46)/t25-,33-,38-/m1/s1. The second-order valence-electron chi connectivity index (χ2n) is 14.1. The number of alkyl halides is 2. The second kappa shape index (κ2) is 15.5. The predicted molar refractivity (Wildman–Crippen MR) is 193 cm³/mol. The van der Waals surface area contributed by atoms with Crippen LogP contribution in [0.2, 0.25) is 0 Å². The number of fused-ring (bicyclic) bond motifs is 1. The molecule has 3 atom stereocenters. The van der Waals surface area contributed by atoms with E-state index in [1.807, 2.05) is 49.1 Å². The Balaban J connectivity index is 1.24. The van der Waals surface area contributed by atoms with Gasteiger partial charge in [-0.05, 0) is 49.9 Å². The zero-order valence-corrected chi connectivity index (χ0v) is 30.1. The Morgan fingerprint density at radius 1 is 1.06 bits per heavy atom. The van der Waals surface area contributed by atoms with Crippen LogP contribution in [-0.4, -0.2) is 92.9 Å². The molecule has 0 radical (unpaired) electrons. The number of hydrogen-bond acceptors (Lipinski definition) is 11. The number of imidazole rings is 1. The molecular formula is C38H42F4N8O4.